The number of carbonyl (C=O) groups is 3. The molecule has 1 aromatic rings. The molecule has 1 aliphatic carbocycles. The van der Waals surface area contributed by atoms with E-state index < -0.39 is 54.8 Å². The average Bonchev–Trinajstić information content (AvgIpc) is 3.48. The monoisotopic (exact) mass is 476 g/mol. The van der Waals surface area contributed by atoms with E-state index in [1.807, 2.05) is 0 Å². The molecule has 0 bridgehead atoms. The van der Waals surface area contributed by atoms with Gasteiger partial charge < -0.3 is 15.0 Å². The number of hydrogen-bond donors (Lipinski definition) is 1. The van der Waals surface area contributed by atoms with E-state index in [0.29, 0.717) is 6.42 Å². The topological polar surface area (TPSA) is 75.7 Å². The molecular formula is C22H25F5N2O4. The lowest BCUT2D eigenvalue weighted by Gasteiger charge is -2.26. The van der Waals surface area contributed by atoms with Gasteiger partial charge in [0.25, 0.3) is 0 Å². The molecule has 2 fully saturated rings. The van der Waals surface area contributed by atoms with Crippen molar-refractivity contribution in [3.8, 4) is 0 Å². The van der Waals surface area contributed by atoms with Crippen LogP contribution in [-0.4, -0.2) is 47.6 Å². The second kappa shape index (κ2) is 10.5. The number of amides is 2. The van der Waals surface area contributed by atoms with Gasteiger partial charge in [-0.05, 0) is 24.8 Å². The number of halogens is 5. The summed E-state index contributed by atoms with van der Waals surface area (Å²) in [7, 11) is 0. The van der Waals surface area contributed by atoms with Gasteiger partial charge in [0, 0.05) is 31.0 Å². The van der Waals surface area contributed by atoms with Gasteiger partial charge in [-0.25, -0.2) is 13.6 Å². The van der Waals surface area contributed by atoms with Crippen LogP contribution in [0.25, 0.3) is 0 Å². The summed E-state index contributed by atoms with van der Waals surface area (Å²) in [5, 5.41) is 2.52. The lowest BCUT2D eigenvalue weighted by molar-refractivity contribution is -0.161. The van der Waals surface area contributed by atoms with Gasteiger partial charge in [-0.15, -0.1) is 0 Å². The van der Waals surface area contributed by atoms with Crippen LogP contribution in [0, 0.1) is 17.6 Å². The number of hydrogen-bond acceptors (Lipinski definition) is 4. The lowest BCUT2D eigenvalue weighted by Crippen LogP contribution is -2.45. The van der Waals surface area contributed by atoms with Gasteiger partial charge in [0.05, 0.1) is 6.42 Å². The minimum absolute atomic E-state index is 0.0180. The summed E-state index contributed by atoms with van der Waals surface area (Å²) < 4.78 is 69.1. The average molecular weight is 476 g/mol. The summed E-state index contributed by atoms with van der Waals surface area (Å²) in [5.41, 5.74) is -0.0180. The maximum absolute atomic E-state index is 14.0. The number of esters is 1. The molecule has 2 amide bonds. The Morgan fingerprint density at radius 1 is 1.18 bits per heavy atom. The Balaban J connectivity index is 1.58. The van der Waals surface area contributed by atoms with Gasteiger partial charge in [0.1, 0.15) is 12.6 Å². The third-order valence-electron chi connectivity index (χ3n) is 5.76. The van der Waals surface area contributed by atoms with Crippen LogP contribution in [0.2, 0.25) is 0 Å². The highest BCUT2D eigenvalue weighted by atomic mass is 19.4. The molecule has 0 aromatic heterocycles. The van der Waals surface area contributed by atoms with Crippen molar-refractivity contribution in [2.75, 3.05) is 6.61 Å². The van der Waals surface area contributed by atoms with Crippen molar-refractivity contribution in [1.82, 2.24) is 10.2 Å². The summed E-state index contributed by atoms with van der Waals surface area (Å²) in [6.45, 7) is -1.03. The number of likely N-dealkylation sites (tertiary alicyclic amines) is 1. The molecule has 3 rings (SSSR count). The molecule has 1 saturated heterocycles. The molecule has 2 atom stereocenters. The van der Waals surface area contributed by atoms with Crippen molar-refractivity contribution >= 4 is 17.8 Å². The van der Waals surface area contributed by atoms with Crippen LogP contribution in [0.1, 0.15) is 50.5 Å². The molecule has 1 heterocycles. The number of rotatable bonds is 10. The van der Waals surface area contributed by atoms with Crippen molar-refractivity contribution in [2.24, 2.45) is 5.92 Å². The zero-order valence-corrected chi connectivity index (χ0v) is 17.8. The van der Waals surface area contributed by atoms with Crippen LogP contribution in [-0.2, 0) is 25.7 Å². The van der Waals surface area contributed by atoms with Crippen molar-refractivity contribution in [2.45, 2.75) is 69.8 Å². The Morgan fingerprint density at radius 2 is 1.91 bits per heavy atom. The second-order valence-electron chi connectivity index (χ2n) is 8.46. The molecule has 1 N–H and O–H groups in total. The highest BCUT2D eigenvalue weighted by molar-refractivity contribution is 5.86. The van der Waals surface area contributed by atoms with Gasteiger partial charge >= 0.3 is 12.1 Å². The summed E-state index contributed by atoms with van der Waals surface area (Å²) in [6, 6.07) is 1.98. The first-order valence-electron chi connectivity index (χ1n) is 10.8. The van der Waals surface area contributed by atoms with Gasteiger partial charge in [0.2, 0.25) is 11.8 Å². The van der Waals surface area contributed by atoms with Gasteiger partial charge in [-0.2, -0.15) is 13.2 Å². The number of nitrogens with one attached hydrogen (secondary N) is 1. The van der Waals surface area contributed by atoms with Crippen LogP contribution >= 0.6 is 0 Å². The molecule has 1 aromatic carbocycles. The van der Waals surface area contributed by atoms with Crippen molar-refractivity contribution in [3.63, 3.8) is 0 Å². The zero-order chi connectivity index (χ0) is 24.2. The van der Waals surface area contributed by atoms with Crippen molar-refractivity contribution in [3.05, 3.63) is 35.4 Å². The molecular weight excluding hydrogens is 451 g/mol. The highest BCUT2D eigenvalue weighted by Gasteiger charge is 2.36. The number of ether oxygens (including phenoxy) is 1. The standard InChI is InChI=1S/C22H25F5N2O4/c23-16-3-1-2-14(20(16)24)12-29-15(6-7-19(29)31)11-18(30)28-17(10-13-4-5-13)21(32)33-9-8-22(25,26)27/h1-3,13,15,17H,4-12H2,(H,28,30)/t15-,17-/m0/s1. The van der Waals surface area contributed by atoms with Crippen molar-refractivity contribution < 1.29 is 41.1 Å². The molecule has 182 valence electrons. The molecule has 2 aliphatic rings. The molecule has 6 nitrogen and oxygen atoms in total. The minimum Gasteiger partial charge on any atom is -0.464 e. The second-order valence-corrected chi connectivity index (χ2v) is 8.46. The Kier molecular flexibility index (Phi) is 7.91. The predicted octanol–water partition coefficient (Wildman–Crippen LogP) is 3.63. The number of benzene rings is 1. The van der Waals surface area contributed by atoms with E-state index in [4.69, 9.17) is 4.74 Å². The van der Waals surface area contributed by atoms with E-state index in [9.17, 15) is 36.3 Å². The van der Waals surface area contributed by atoms with Crippen LogP contribution in [0.15, 0.2) is 18.2 Å². The fourth-order valence-electron chi connectivity index (χ4n) is 3.81. The first-order valence-corrected chi connectivity index (χ1v) is 10.8. The largest absolute Gasteiger partial charge is 0.464 e. The number of carbonyl (C=O) groups excluding carboxylic acids is 3. The maximum atomic E-state index is 14.0. The van der Waals surface area contributed by atoms with E-state index in [2.05, 4.69) is 5.32 Å². The van der Waals surface area contributed by atoms with Crippen molar-refractivity contribution in [1.29, 1.82) is 0 Å². The van der Waals surface area contributed by atoms with E-state index in [1.165, 1.54) is 17.0 Å². The molecule has 0 unspecified atom stereocenters. The van der Waals surface area contributed by atoms with E-state index in [-0.39, 0.29) is 43.2 Å². The third kappa shape index (κ3) is 7.40. The van der Waals surface area contributed by atoms with Crippen LogP contribution < -0.4 is 5.32 Å². The zero-order valence-electron chi connectivity index (χ0n) is 17.8. The molecule has 1 aliphatic heterocycles. The van der Waals surface area contributed by atoms with Gasteiger partial charge in [0.15, 0.2) is 11.6 Å². The Hall–Kier alpha value is -2.72. The maximum Gasteiger partial charge on any atom is 0.392 e. The molecule has 11 heteroatoms. The first-order chi connectivity index (χ1) is 15.5. The third-order valence-corrected chi connectivity index (χ3v) is 5.76. The van der Waals surface area contributed by atoms with E-state index in [1.54, 1.807) is 0 Å². The summed E-state index contributed by atoms with van der Waals surface area (Å²) in [6.07, 6.45) is -3.49. The molecule has 1 saturated carbocycles. The van der Waals surface area contributed by atoms with Gasteiger partial charge in [-0.3, -0.25) is 9.59 Å². The molecule has 0 spiro atoms. The fourth-order valence-corrected chi connectivity index (χ4v) is 3.81. The predicted molar refractivity (Wildman–Crippen MR) is 105 cm³/mol. The fraction of sp³-hybridized carbons (Fsp3) is 0.591. The summed E-state index contributed by atoms with van der Waals surface area (Å²) in [4.78, 5) is 38.4. The van der Waals surface area contributed by atoms with Gasteiger partial charge in [-0.1, -0.05) is 25.0 Å². The SMILES string of the molecule is O=C(C[C@@H]1CCC(=O)N1Cc1cccc(F)c1F)N[C@@H](CC1CC1)C(=O)OCCC(F)(F)F. The number of nitrogens with zero attached hydrogens (tertiary/aromatic N) is 1. The summed E-state index contributed by atoms with van der Waals surface area (Å²) in [5.74, 6) is -3.73. The lowest BCUT2D eigenvalue weighted by atomic mass is 10.1. The molecule has 33 heavy (non-hydrogen) atoms. The van der Waals surface area contributed by atoms with E-state index >= 15 is 0 Å². The Bertz CT molecular complexity index is 888. The quantitative estimate of drug-likeness (QED) is 0.414. The summed E-state index contributed by atoms with van der Waals surface area (Å²) >= 11 is 0. The normalized spacial score (nSPS) is 19.5. The highest BCUT2D eigenvalue weighted by Crippen LogP contribution is 2.34. The Morgan fingerprint density at radius 3 is 2.58 bits per heavy atom. The Labute approximate surface area is 187 Å². The van der Waals surface area contributed by atoms with E-state index in [0.717, 1.165) is 18.9 Å². The first kappa shape index (κ1) is 24.9. The van der Waals surface area contributed by atoms with Crippen LogP contribution in [0.4, 0.5) is 22.0 Å². The molecule has 0 radical (unpaired) electrons. The smallest absolute Gasteiger partial charge is 0.392 e. The van der Waals surface area contributed by atoms with Crippen LogP contribution in [0.3, 0.4) is 0 Å². The number of alkyl halides is 3. The minimum atomic E-state index is -4.46. The van der Waals surface area contributed by atoms with Crippen LogP contribution in [0.5, 0.6) is 0 Å².